The Labute approximate surface area is 214 Å². The Morgan fingerprint density at radius 3 is 2.19 bits per heavy atom. The van der Waals surface area contributed by atoms with Crippen molar-refractivity contribution < 1.29 is 12.8 Å². The molecule has 0 radical (unpaired) electrons. The quantitative estimate of drug-likeness (QED) is 0.490. The van der Waals surface area contributed by atoms with E-state index in [1.807, 2.05) is 17.7 Å². The number of nitrogens with zero attached hydrogens (tertiary/aromatic N) is 4. The van der Waals surface area contributed by atoms with Crippen molar-refractivity contribution in [3.8, 4) is 11.4 Å². The van der Waals surface area contributed by atoms with Gasteiger partial charge in [-0.05, 0) is 108 Å². The molecule has 0 saturated carbocycles. The first kappa shape index (κ1) is 25.4. The van der Waals surface area contributed by atoms with Crippen LogP contribution in [0.3, 0.4) is 0 Å². The number of likely N-dealkylation sites (tertiary alicyclic amines) is 2. The number of sulfone groups is 1. The average Bonchev–Trinajstić information content (AvgIpc) is 3.18. The Hall–Kier alpha value is -2.29. The zero-order valence-electron chi connectivity index (χ0n) is 21.7. The van der Waals surface area contributed by atoms with Crippen LogP contribution in [0.5, 0.6) is 0 Å². The zero-order valence-corrected chi connectivity index (χ0v) is 22.6. The van der Waals surface area contributed by atoms with E-state index in [0.717, 1.165) is 48.1 Å². The van der Waals surface area contributed by atoms with E-state index in [9.17, 15) is 8.42 Å². The van der Waals surface area contributed by atoms with Crippen molar-refractivity contribution >= 4 is 20.9 Å². The predicted octanol–water partition coefficient (Wildman–Crippen LogP) is 4.84. The fourth-order valence-electron chi connectivity index (χ4n) is 5.99. The van der Waals surface area contributed by atoms with Crippen LogP contribution in [0.1, 0.15) is 51.0 Å². The molecular formula is C28H37FN4O2S. The van der Waals surface area contributed by atoms with Crippen LogP contribution < -0.4 is 0 Å². The largest absolute Gasteiger partial charge is 0.327 e. The number of benzene rings is 2. The van der Waals surface area contributed by atoms with Crippen LogP contribution in [0.25, 0.3) is 22.4 Å². The van der Waals surface area contributed by atoms with Crippen LogP contribution in [-0.2, 0) is 16.9 Å². The van der Waals surface area contributed by atoms with Crippen molar-refractivity contribution in [2.24, 2.45) is 7.05 Å². The number of imidazole rings is 1. The summed E-state index contributed by atoms with van der Waals surface area (Å²) in [5, 5.41) is 0. The zero-order chi connectivity index (χ0) is 25.6. The molecule has 0 amide bonds. The number of piperidine rings is 2. The Morgan fingerprint density at radius 1 is 0.972 bits per heavy atom. The van der Waals surface area contributed by atoms with Gasteiger partial charge in [0.2, 0.25) is 0 Å². The summed E-state index contributed by atoms with van der Waals surface area (Å²) in [4.78, 5) is 10.3. The van der Waals surface area contributed by atoms with Gasteiger partial charge in [0.1, 0.15) is 11.6 Å². The molecular weight excluding hydrogens is 475 g/mol. The minimum Gasteiger partial charge on any atom is -0.327 e. The van der Waals surface area contributed by atoms with Gasteiger partial charge in [-0.2, -0.15) is 0 Å². The molecule has 5 rings (SSSR count). The first-order valence-electron chi connectivity index (χ1n) is 13.1. The molecule has 2 aromatic carbocycles. The summed E-state index contributed by atoms with van der Waals surface area (Å²) in [6.45, 7) is 8.94. The summed E-state index contributed by atoms with van der Waals surface area (Å²) in [6, 6.07) is 11.5. The third-order valence-corrected chi connectivity index (χ3v) is 9.38. The minimum atomic E-state index is -3.26. The van der Waals surface area contributed by atoms with Crippen molar-refractivity contribution in [1.29, 1.82) is 0 Å². The fourth-order valence-corrected chi connectivity index (χ4v) is 6.62. The summed E-state index contributed by atoms with van der Waals surface area (Å²) in [5.74, 6) is 0.748. The summed E-state index contributed by atoms with van der Waals surface area (Å²) >= 11 is 0. The number of hydrogen-bond donors (Lipinski definition) is 0. The lowest BCUT2D eigenvalue weighted by Crippen LogP contribution is -2.48. The molecule has 2 saturated heterocycles. The lowest BCUT2D eigenvalue weighted by Gasteiger charge is -2.42. The molecule has 6 nitrogen and oxygen atoms in total. The number of halogens is 1. The van der Waals surface area contributed by atoms with E-state index in [4.69, 9.17) is 4.98 Å². The van der Waals surface area contributed by atoms with Gasteiger partial charge in [0.15, 0.2) is 9.84 Å². The van der Waals surface area contributed by atoms with Gasteiger partial charge in [0.05, 0.1) is 15.9 Å². The molecule has 1 aromatic heterocycles. The van der Waals surface area contributed by atoms with Crippen LogP contribution in [0.15, 0.2) is 41.3 Å². The van der Waals surface area contributed by atoms with Crippen molar-refractivity contribution in [3.63, 3.8) is 0 Å². The molecule has 2 fully saturated rings. The molecule has 194 valence electrons. The van der Waals surface area contributed by atoms with Crippen molar-refractivity contribution in [3.05, 3.63) is 47.8 Å². The van der Waals surface area contributed by atoms with Gasteiger partial charge in [-0.15, -0.1) is 0 Å². The van der Waals surface area contributed by atoms with Crippen LogP contribution in [0, 0.1) is 5.82 Å². The first-order valence-corrected chi connectivity index (χ1v) is 15.0. The highest BCUT2D eigenvalue weighted by Crippen LogP contribution is 2.35. The molecule has 0 unspecified atom stereocenters. The van der Waals surface area contributed by atoms with Gasteiger partial charge in [-0.3, -0.25) is 0 Å². The summed E-state index contributed by atoms with van der Waals surface area (Å²) in [5.41, 5.74) is 3.10. The Morgan fingerprint density at radius 2 is 1.61 bits per heavy atom. The SMILES string of the molecule is CC(C)N1CCC(N2CCC(c3cc4nc(-c5ccc(S(C)(=O)=O)cc5)n(C)c4cc3F)CC2)CC1. The van der Waals surface area contributed by atoms with E-state index in [2.05, 4.69) is 23.6 Å². The highest BCUT2D eigenvalue weighted by atomic mass is 32.2. The van der Waals surface area contributed by atoms with Crippen LogP contribution in [0.2, 0.25) is 0 Å². The lowest BCUT2D eigenvalue weighted by atomic mass is 9.87. The molecule has 3 heterocycles. The number of fused-ring (bicyclic) bond motifs is 1. The molecule has 0 bridgehead atoms. The van der Waals surface area contributed by atoms with Gasteiger partial charge < -0.3 is 14.4 Å². The monoisotopic (exact) mass is 512 g/mol. The molecule has 0 N–H and O–H groups in total. The third-order valence-electron chi connectivity index (χ3n) is 8.26. The van der Waals surface area contributed by atoms with Crippen molar-refractivity contribution in [2.45, 2.75) is 62.4 Å². The number of aromatic nitrogens is 2. The van der Waals surface area contributed by atoms with E-state index in [1.54, 1.807) is 30.3 Å². The second kappa shape index (κ2) is 9.88. The molecule has 0 aliphatic carbocycles. The maximum absolute atomic E-state index is 15.3. The van der Waals surface area contributed by atoms with E-state index >= 15 is 4.39 Å². The Balaban J connectivity index is 1.31. The van der Waals surface area contributed by atoms with E-state index < -0.39 is 9.84 Å². The number of hydrogen-bond acceptors (Lipinski definition) is 5. The second-order valence-corrected chi connectivity index (χ2v) is 12.8. The van der Waals surface area contributed by atoms with E-state index in [-0.39, 0.29) is 16.6 Å². The van der Waals surface area contributed by atoms with Crippen LogP contribution in [-0.4, -0.2) is 72.3 Å². The normalized spacial score (nSPS) is 19.5. The van der Waals surface area contributed by atoms with Gasteiger partial charge in [0, 0.05) is 37.0 Å². The minimum absolute atomic E-state index is 0.159. The third kappa shape index (κ3) is 4.95. The fraction of sp³-hybridized carbons (Fsp3) is 0.536. The molecule has 0 spiro atoms. The molecule has 3 aromatic rings. The second-order valence-electron chi connectivity index (χ2n) is 10.8. The molecule has 2 aliphatic heterocycles. The first-order chi connectivity index (χ1) is 17.1. The summed E-state index contributed by atoms with van der Waals surface area (Å²) < 4.78 is 40.8. The molecule has 8 heteroatoms. The van der Waals surface area contributed by atoms with Gasteiger partial charge in [0.25, 0.3) is 0 Å². The average molecular weight is 513 g/mol. The standard InChI is InChI=1S/C28H37FN4O2S/c1-19(2)32-15-11-22(12-16-32)33-13-9-20(10-14-33)24-17-26-27(18-25(24)29)31(3)28(30-26)21-5-7-23(8-6-21)36(4,34)35/h5-8,17-20,22H,9-16H2,1-4H3. The number of rotatable bonds is 5. The highest BCUT2D eigenvalue weighted by molar-refractivity contribution is 7.90. The van der Waals surface area contributed by atoms with Gasteiger partial charge >= 0.3 is 0 Å². The van der Waals surface area contributed by atoms with Crippen LogP contribution >= 0.6 is 0 Å². The highest BCUT2D eigenvalue weighted by Gasteiger charge is 2.30. The maximum atomic E-state index is 15.3. The Kier molecular flexibility index (Phi) is 6.96. The predicted molar refractivity (Wildman–Crippen MR) is 142 cm³/mol. The molecule has 36 heavy (non-hydrogen) atoms. The lowest BCUT2D eigenvalue weighted by molar-refractivity contribution is 0.0750. The van der Waals surface area contributed by atoms with Crippen molar-refractivity contribution in [1.82, 2.24) is 19.4 Å². The van der Waals surface area contributed by atoms with Gasteiger partial charge in [-0.25, -0.2) is 17.8 Å². The summed E-state index contributed by atoms with van der Waals surface area (Å²) in [7, 11) is -1.39. The molecule has 0 atom stereocenters. The maximum Gasteiger partial charge on any atom is 0.175 e. The Bertz CT molecular complexity index is 1330. The molecule has 2 aliphatic rings. The number of aryl methyl sites for hydroxylation is 1. The van der Waals surface area contributed by atoms with E-state index in [1.165, 1.54) is 32.2 Å². The van der Waals surface area contributed by atoms with Gasteiger partial charge in [-0.1, -0.05) is 0 Å². The van der Waals surface area contributed by atoms with Crippen molar-refractivity contribution in [2.75, 3.05) is 32.4 Å². The van der Waals surface area contributed by atoms with Crippen LogP contribution in [0.4, 0.5) is 4.39 Å². The van der Waals surface area contributed by atoms with E-state index in [0.29, 0.717) is 17.9 Å². The topological polar surface area (TPSA) is 58.4 Å². The smallest absolute Gasteiger partial charge is 0.175 e. The summed E-state index contributed by atoms with van der Waals surface area (Å²) in [6.07, 6.45) is 5.59.